The lowest BCUT2D eigenvalue weighted by Gasteiger charge is -2.24. The first-order valence-electron chi connectivity index (χ1n) is 6.57. The van der Waals surface area contributed by atoms with Gasteiger partial charge in [-0.2, -0.15) is 0 Å². The van der Waals surface area contributed by atoms with Crippen LogP contribution in [-0.2, 0) is 4.74 Å². The first-order valence-corrected chi connectivity index (χ1v) is 6.95. The molecule has 1 unspecified atom stereocenters. The number of benzene rings is 1. The molecule has 1 aliphatic carbocycles. The summed E-state index contributed by atoms with van der Waals surface area (Å²) in [6.07, 6.45) is 2.68. The quantitative estimate of drug-likeness (QED) is 0.910. The predicted molar refractivity (Wildman–Crippen MR) is 71.2 cm³/mol. The van der Waals surface area contributed by atoms with Crippen molar-refractivity contribution < 1.29 is 9.47 Å². The van der Waals surface area contributed by atoms with Crippen molar-refractivity contribution in [1.29, 1.82) is 0 Å². The number of hydrogen-bond donors (Lipinski definition) is 1. The molecule has 98 valence electrons. The highest BCUT2D eigenvalue weighted by atomic mass is 35.5. The Labute approximate surface area is 112 Å². The van der Waals surface area contributed by atoms with E-state index < -0.39 is 0 Å². The maximum Gasteiger partial charge on any atom is 0.137 e. The molecule has 3 rings (SSSR count). The molecule has 1 aliphatic heterocycles. The van der Waals surface area contributed by atoms with Crippen LogP contribution in [0.15, 0.2) is 18.2 Å². The van der Waals surface area contributed by atoms with Crippen LogP contribution >= 0.6 is 11.6 Å². The van der Waals surface area contributed by atoms with Gasteiger partial charge in [-0.05, 0) is 36.5 Å². The molecule has 3 nitrogen and oxygen atoms in total. The van der Waals surface area contributed by atoms with Crippen molar-refractivity contribution in [1.82, 2.24) is 5.32 Å². The molecule has 1 saturated heterocycles. The zero-order valence-corrected chi connectivity index (χ0v) is 11.1. The van der Waals surface area contributed by atoms with Crippen LogP contribution in [0.25, 0.3) is 0 Å². The van der Waals surface area contributed by atoms with E-state index in [1.165, 1.54) is 12.8 Å². The average molecular weight is 268 g/mol. The second-order valence-electron chi connectivity index (χ2n) is 5.01. The van der Waals surface area contributed by atoms with Gasteiger partial charge in [-0.3, -0.25) is 0 Å². The average Bonchev–Trinajstić information content (AvgIpc) is 3.22. The van der Waals surface area contributed by atoms with Gasteiger partial charge in [0.1, 0.15) is 5.75 Å². The fourth-order valence-corrected chi connectivity index (χ4v) is 2.35. The summed E-state index contributed by atoms with van der Waals surface area (Å²) in [7, 11) is 0. The Morgan fingerprint density at radius 1 is 1.39 bits per heavy atom. The fourth-order valence-electron chi connectivity index (χ4n) is 2.11. The Balaban J connectivity index is 1.66. The maximum absolute atomic E-state index is 6.25. The summed E-state index contributed by atoms with van der Waals surface area (Å²) < 4.78 is 11.4. The molecule has 0 radical (unpaired) electrons. The zero-order valence-electron chi connectivity index (χ0n) is 10.3. The second kappa shape index (κ2) is 5.47. The van der Waals surface area contributed by atoms with E-state index >= 15 is 0 Å². The number of morpholine rings is 1. The summed E-state index contributed by atoms with van der Waals surface area (Å²) in [6, 6.07) is 5.96. The Morgan fingerprint density at radius 2 is 2.28 bits per heavy atom. The van der Waals surface area contributed by atoms with Gasteiger partial charge in [0, 0.05) is 13.1 Å². The fraction of sp³-hybridized carbons (Fsp3) is 0.571. The molecule has 18 heavy (non-hydrogen) atoms. The van der Waals surface area contributed by atoms with Gasteiger partial charge < -0.3 is 14.8 Å². The van der Waals surface area contributed by atoms with E-state index in [-0.39, 0.29) is 6.10 Å². The molecule has 0 bridgehead atoms. The van der Waals surface area contributed by atoms with Crippen LogP contribution in [0.3, 0.4) is 0 Å². The molecule has 4 heteroatoms. The lowest BCUT2D eigenvalue weighted by atomic mass is 10.1. The van der Waals surface area contributed by atoms with E-state index in [1.54, 1.807) is 0 Å². The standard InChI is InChI=1S/C14H18ClNO2/c15-12-7-11(14-8-16-5-6-17-14)3-4-13(12)18-9-10-1-2-10/h3-4,7,10,14,16H,1-2,5-6,8-9H2. The van der Waals surface area contributed by atoms with Crippen LogP contribution in [0.4, 0.5) is 0 Å². The summed E-state index contributed by atoms with van der Waals surface area (Å²) in [5, 5.41) is 4.00. The third-order valence-electron chi connectivity index (χ3n) is 3.43. The summed E-state index contributed by atoms with van der Waals surface area (Å²) in [4.78, 5) is 0. The lowest BCUT2D eigenvalue weighted by Crippen LogP contribution is -2.33. The molecule has 1 saturated carbocycles. The Kier molecular flexibility index (Phi) is 3.73. The molecule has 0 spiro atoms. The number of nitrogens with one attached hydrogen (secondary N) is 1. The third kappa shape index (κ3) is 2.97. The van der Waals surface area contributed by atoms with Crippen LogP contribution in [-0.4, -0.2) is 26.3 Å². The minimum Gasteiger partial charge on any atom is -0.492 e. The number of rotatable bonds is 4. The zero-order chi connectivity index (χ0) is 12.4. The van der Waals surface area contributed by atoms with Crippen LogP contribution in [0.1, 0.15) is 24.5 Å². The van der Waals surface area contributed by atoms with Crippen LogP contribution in [0, 0.1) is 5.92 Å². The highest BCUT2D eigenvalue weighted by molar-refractivity contribution is 6.32. The molecule has 2 fully saturated rings. The molecule has 1 aromatic rings. The molecule has 0 aromatic heterocycles. The highest BCUT2D eigenvalue weighted by Gasteiger charge is 2.22. The van der Waals surface area contributed by atoms with Gasteiger partial charge in [-0.1, -0.05) is 17.7 Å². The Hall–Kier alpha value is -0.770. The van der Waals surface area contributed by atoms with Crippen molar-refractivity contribution in [3.63, 3.8) is 0 Å². The van der Waals surface area contributed by atoms with E-state index in [4.69, 9.17) is 21.1 Å². The Bertz CT molecular complexity index is 414. The van der Waals surface area contributed by atoms with Crippen molar-refractivity contribution in [2.24, 2.45) is 5.92 Å². The van der Waals surface area contributed by atoms with Gasteiger partial charge >= 0.3 is 0 Å². The highest BCUT2D eigenvalue weighted by Crippen LogP contribution is 2.33. The molecule has 0 amide bonds. The minimum atomic E-state index is 0.105. The van der Waals surface area contributed by atoms with Gasteiger partial charge in [-0.15, -0.1) is 0 Å². The van der Waals surface area contributed by atoms with Crippen LogP contribution in [0.2, 0.25) is 5.02 Å². The first kappa shape index (κ1) is 12.3. The molecule has 1 atom stereocenters. The predicted octanol–water partition coefficient (Wildman–Crippen LogP) is 2.79. The van der Waals surface area contributed by atoms with Gasteiger partial charge in [-0.25, -0.2) is 0 Å². The molecule has 1 aromatic carbocycles. The Morgan fingerprint density at radius 3 is 2.94 bits per heavy atom. The summed E-state index contributed by atoms with van der Waals surface area (Å²) in [5.74, 6) is 1.53. The van der Waals surface area contributed by atoms with E-state index in [1.807, 2.05) is 18.2 Å². The largest absolute Gasteiger partial charge is 0.492 e. The van der Waals surface area contributed by atoms with Crippen molar-refractivity contribution in [3.8, 4) is 5.75 Å². The minimum absolute atomic E-state index is 0.105. The summed E-state index contributed by atoms with van der Waals surface area (Å²) in [5.41, 5.74) is 1.12. The van der Waals surface area contributed by atoms with E-state index in [2.05, 4.69) is 5.32 Å². The van der Waals surface area contributed by atoms with Crippen molar-refractivity contribution >= 4 is 11.6 Å². The van der Waals surface area contributed by atoms with Crippen molar-refractivity contribution in [2.45, 2.75) is 18.9 Å². The maximum atomic E-state index is 6.25. The first-order chi connectivity index (χ1) is 8.83. The third-order valence-corrected chi connectivity index (χ3v) is 3.72. The van der Waals surface area contributed by atoms with Crippen LogP contribution in [0.5, 0.6) is 5.75 Å². The number of hydrogen-bond acceptors (Lipinski definition) is 3. The molecular formula is C14H18ClNO2. The van der Waals surface area contributed by atoms with Gasteiger partial charge in [0.2, 0.25) is 0 Å². The molecule has 2 aliphatic rings. The molecule has 1 heterocycles. The van der Waals surface area contributed by atoms with E-state index in [9.17, 15) is 0 Å². The van der Waals surface area contributed by atoms with E-state index in [0.29, 0.717) is 5.02 Å². The summed E-state index contributed by atoms with van der Waals surface area (Å²) >= 11 is 6.25. The van der Waals surface area contributed by atoms with Gasteiger partial charge in [0.25, 0.3) is 0 Å². The monoisotopic (exact) mass is 267 g/mol. The van der Waals surface area contributed by atoms with Crippen molar-refractivity contribution in [2.75, 3.05) is 26.3 Å². The van der Waals surface area contributed by atoms with Gasteiger partial charge in [0.05, 0.1) is 24.3 Å². The normalized spacial score (nSPS) is 23.9. The number of halogens is 1. The smallest absolute Gasteiger partial charge is 0.137 e. The van der Waals surface area contributed by atoms with Crippen molar-refractivity contribution in [3.05, 3.63) is 28.8 Å². The van der Waals surface area contributed by atoms with Gasteiger partial charge in [0.15, 0.2) is 0 Å². The SMILES string of the molecule is Clc1cc(C2CNCCO2)ccc1OCC1CC1. The lowest BCUT2D eigenvalue weighted by molar-refractivity contribution is 0.0277. The van der Waals surface area contributed by atoms with Crippen LogP contribution < -0.4 is 10.1 Å². The van der Waals surface area contributed by atoms with E-state index in [0.717, 1.165) is 43.5 Å². The second-order valence-corrected chi connectivity index (χ2v) is 5.41. The topological polar surface area (TPSA) is 30.5 Å². The molecule has 1 N–H and O–H groups in total. The summed E-state index contributed by atoms with van der Waals surface area (Å²) in [6.45, 7) is 3.31. The number of ether oxygens (including phenoxy) is 2. The molecular weight excluding hydrogens is 250 g/mol.